The maximum Gasteiger partial charge on any atom is 0.242 e. The molecule has 0 aliphatic carbocycles. The van der Waals surface area contributed by atoms with Crippen molar-refractivity contribution in [2.45, 2.75) is 0 Å². The molecule has 1 aliphatic heterocycles. The maximum absolute atomic E-state index is 13.4. The number of anilines is 1. The lowest BCUT2D eigenvalue weighted by molar-refractivity contribution is -0.116. The molecule has 0 radical (unpaired) electrons. The molecule has 0 aromatic heterocycles. The number of nitrogens with zero attached hydrogens (tertiary/aromatic N) is 1. The molecule has 1 aliphatic rings. The van der Waals surface area contributed by atoms with Crippen LogP contribution in [0.4, 0.5) is 14.5 Å². The van der Waals surface area contributed by atoms with Crippen LogP contribution in [-0.4, -0.2) is 24.9 Å². The topological polar surface area (TPSA) is 29.5 Å². The van der Waals surface area contributed by atoms with E-state index in [1.165, 1.54) is 11.0 Å². The molecule has 1 heterocycles. The zero-order valence-corrected chi connectivity index (χ0v) is 8.93. The number of alkyl halides is 1. The number of halogens is 3. The quantitative estimate of drug-likeness (QED) is 0.710. The number of carbonyl (C=O) groups is 1. The second-order valence-corrected chi connectivity index (χ2v) is 3.50. The van der Waals surface area contributed by atoms with Gasteiger partial charge in [0.15, 0.2) is 11.6 Å². The third kappa shape index (κ3) is 1.71. The van der Waals surface area contributed by atoms with Crippen LogP contribution in [0, 0.1) is 11.6 Å². The minimum Gasteiger partial charge on any atom is -0.486 e. The van der Waals surface area contributed by atoms with E-state index in [2.05, 4.69) is 0 Å². The van der Waals surface area contributed by atoms with Crippen molar-refractivity contribution in [1.29, 1.82) is 0 Å². The molecule has 0 spiro atoms. The lowest BCUT2D eigenvalue weighted by Crippen LogP contribution is -2.39. The highest BCUT2D eigenvalue weighted by atomic mass is 35.5. The molecule has 0 atom stereocenters. The Labute approximate surface area is 95.6 Å². The van der Waals surface area contributed by atoms with Crippen molar-refractivity contribution in [2.75, 3.05) is 23.9 Å². The average Bonchev–Trinajstić information content (AvgIpc) is 2.32. The Morgan fingerprint density at radius 2 is 2.25 bits per heavy atom. The van der Waals surface area contributed by atoms with Crippen LogP contribution in [0.25, 0.3) is 0 Å². The first-order valence-electron chi connectivity index (χ1n) is 4.62. The smallest absolute Gasteiger partial charge is 0.242 e. The fraction of sp³-hybridized carbons (Fsp3) is 0.300. The predicted octanol–water partition coefficient (Wildman–Crippen LogP) is 1.93. The largest absolute Gasteiger partial charge is 0.486 e. The van der Waals surface area contributed by atoms with Crippen LogP contribution in [0.2, 0.25) is 0 Å². The number of hydrogen-bond donors (Lipinski definition) is 0. The van der Waals surface area contributed by atoms with Crippen molar-refractivity contribution in [3.8, 4) is 5.75 Å². The van der Waals surface area contributed by atoms with E-state index in [1.807, 2.05) is 0 Å². The first-order valence-corrected chi connectivity index (χ1v) is 5.15. The van der Waals surface area contributed by atoms with E-state index in [0.29, 0.717) is 0 Å². The first kappa shape index (κ1) is 11.1. The highest BCUT2D eigenvalue weighted by Gasteiger charge is 2.27. The normalized spacial score (nSPS) is 14.3. The van der Waals surface area contributed by atoms with Gasteiger partial charge in [-0.3, -0.25) is 4.79 Å². The summed E-state index contributed by atoms with van der Waals surface area (Å²) in [7, 11) is 0. The van der Waals surface area contributed by atoms with Gasteiger partial charge in [0.25, 0.3) is 0 Å². The molecule has 3 nitrogen and oxygen atoms in total. The summed E-state index contributed by atoms with van der Waals surface area (Å²) in [6.45, 7) is 0.402. The third-order valence-electron chi connectivity index (χ3n) is 2.30. The summed E-state index contributed by atoms with van der Waals surface area (Å²) in [4.78, 5) is 12.7. The molecule has 6 heteroatoms. The second-order valence-electron chi connectivity index (χ2n) is 3.24. The highest BCUT2D eigenvalue weighted by Crippen LogP contribution is 2.35. The van der Waals surface area contributed by atoms with Crippen LogP contribution in [0.5, 0.6) is 5.75 Å². The van der Waals surface area contributed by atoms with Crippen LogP contribution in [0.3, 0.4) is 0 Å². The number of carbonyl (C=O) groups excluding carboxylic acids is 1. The second kappa shape index (κ2) is 4.25. The Kier molecular flexibility index (Phi) is 2.96. The summed E-state index contributed by atoms with van der Waals surface area (Å²) in [6.07, 6.45) is 0. The van der Waals surface area contributed by atoms with Gasteiger partial charge in [-0.25, -0.2) is 4.39 Å². The van der Waals surface area contributed by atoms with Crippen molar-refractivity contribution < 1.29 is 18.3 Å². The summed E-state index contributed by atoms with van der Waals surface area (Å²) in [5, 5.41) is 0. The molecule has 2 rings (SSSR count). The number of fused-ring (bicyclic) bond motifs is 1. The Morgan fingerprint density at radius 1 is 1.50 bits per heavy atom. The van der Waals surface area contributed by atoms with Gasteiger partial charge in [-0.2, -0.15) is 4.39 Å². The minimum atomic E-state index is -1.08. The molecule has 86 valence electrons. The van der Waals surface area contributed by atoms with Crippen molar-refractivity contribution in [3.63, 3.8) is 0 Å². The molecule has 0 N–H and O–H groups in total. The average molecular weight is 248 g/mol. The molecule has 1 aromatic carbocycles. The van der Waals surface area contributed by atoms with Gasteiger partial charge in [-0.1, -0.05) is 0 Å². The fourth-order valence-corrected chi connectivity index (χ4v) is 1.71. The van der Waals surface area contributed by atoms with Gasteiger partial charge >= 0.3 is 0 Å². The zero-order chi connectivity index (χ0) is 11.7. The molecule has 1 amide bonds. The van der Waals surface area contributed by atoms with Gasteiger partial charge in [0.2, 0.25) is 11.7 Å². The predicted molar refractivity (Wildman–Crippen MR) is 54.9 cm³/mol. The number of ether oxygens (including phenoxy) is 1. The summed E-state index contributed by atoms with van der Waals surface area (Å²) in [5.74, 6) is -2.89. The number of benzene rings is 1. The van der Waals surface area contributed by atoms with E-state index in [-0.39, 0.29) is 36.4 Å². The van der Waals surface area contributed by atoms with Crippen LogP contribution < -0.4 is 9.64 Å². The molecular weight excluding hydrogens is 240 g/mol. The standard InChI is InChI=1S/C10H8ClF2NO2/c11-5-8(15)14-3-4-16-10-7(14)2-1-6(12)9(10)13/h1-2H,3-5H2. The van der Waals surface area contributed by atoms with Crippen LogP contribution >= 0.6 is 11.6 Å². The summed E-state index contributed by atoms with van der Waals surface area (Å²) in [6, 6.07) is 2.26. The van der Waals surface area contributed by atoms with Gasteiger partial charge in [0.05, 0.1) is 12.2 Å². The molecule has 0 bridgehead atoms. The minimum absolute atomic E-state index is 0.121. The van der Waals surface area contributed by atoms with Gasteiger partial charge in [-0.15, -0.1) is 11.6 Å². The molecule has 0 saturated heterocycles. The summed E-state index contributed by atoms with van der Waals surface area (Å²) < 4.78 is 31.3. The van der Waals surface area contributed by atoms with Gasteiger partial charge in [0.1, 0.15) is 12.5 Å². The van der Waals surface area contributed by atoms with Gasteiger partial charge in [0, 0.05) is 0 Å². The highest BCUT2D eigenvalue weighted by molar-refractivity contribution is 6.29. The molecular formula is C10H8ClF2NO2. The molecule has 16 heavy (non-hydrogen) atoms. The summed E-state index contributed by atoms with van der Waals surface area (Å²) in [5.41, 5.74) is 0.218. The summed E-state index contributed by atoms with van der Waals surface area (Å²) >= 11 is 5.42. The van der Waals surface area contributed by atoms with Crippen LogP contribution in [0.1, 0.15) is 0 Å². The first-order chi connectivity index (χ1) is 7.65. The Bertz CT molecular complexity index is 439. The molecule has 0 saturated carbocycles. The lowest BCUT2D eigenvalue weighted by Gasteiger charge is -2.29. The molecule has 0 unspecified atom stereocenters. The van der Waals surface area contributed by atoms with E-state index in [0.717, 1.165) is 6.07 Å². The van der Waals surface area contributed by atoms with Crippen LogP contribution in [-0.2, 0) is 4.79 Å². The van der Waals surface area contributed by atoms with Crippen molar-refractivity contribution in [1.82, 2.24) is 0 Å². The van der Waals surface area contributed by atoms with Gasteiger partial charge in [-0.05, 0) is 12.1 Å². The fourth-order valence-electron chi connectivity index (χ4n) is 1.56. The van der Waals surface area contributed by atoms with Gasteiger partial charge < -0.3 is 9.64 Å². The van der Waals surface area contributed by atoms with Crippen molar-refractivity contribution >= 4 is 23.2 Å². The number of rotatable bonds is 1. The molecule has 1 aromatic rings. The number of amides is 1. The van der Waals surface area contributed by atoms with E-state index in [9.17, 15) is 13.6 Å². The van der Waals surface area contributed by atoms with E-state index < -0.39 is 11.6 Å². The van der Waals surface area contributed by atoms with E-state index >= 15 is 0 Å². The SMILES string of the molecule is O=C(CCl)N1CCOc2c1ccc(F)c2F. The maximum atomic E-state index is 13.4. The third-order valence-corrected chi connectivity index (χ3v) is 2.53. The lowest BCUT2D eigenvalue weighted by atomic mass is 10.2. The Balaban J connectivity index is 2.47. The number of hydrogen-bond acceptors (Lipinski definition) is 2. The molecule has 0 fully saturated rings. The van der Waals surface area contributed by atoms with Crippen molar-refractivity contribution in [3.05, 3.63) is 23.8 Å². The van der Waals surface area contributed by atoms with E-state index in [1.54, 1.807) is 0 Å². The van der Waals surface area contributed by atoms with Crippen LogP contribution in [0.15, 0.2) is 12.1 Å². The van der Waals surface area contributed by atoms with E-state index in [4.69, 9.17) is 16.3 Å². The Hall–Kier alpha value is -1.36. The van der Waals surface area contributed by atoms with Crippen molar-refractivity contribution in [2.24, 2.45) is 0 Å². The zero-order valence-electron chi connectivity index (χ0n) is 8.17. The Morgan fingerprint density at radius 3 is 2.94 bits per heavy atom. The monoisotopic (exact) mass is 247 g/mol.